The Kier molecular flexibility index (Phi) is 7.21. The average molecular weight is 383 g/mol. The molecule has 0 bridgehead atoms. The number of carbonyl (C=O) groups excluding carboxylic acids is 2. The zero-order valence-corrected chi connectivity index (χ0v) is 17.6. The highest BCUT2D eigenvalue weighted by Gasteiger charge is 2.18. The number of rotatable bonds is 7. The van der Waals surface area contributed by atoms with Crippen LogP contribution >= 0.6 is 0 Å². The topological polar surface area (TPSA) is 67.4 Å². The van der Waals surface area contributed by atoms with Crippen molar-refractivity contribution in [1.29, 1.82) is 0 Å². The van der Waals surface area contributed by atoms with Gasteiger partial charge in [-0.3, -0.25) is 9.59 Å². The summed E-state index contributed by atoms with van der Waals surface area (Å²) >= 11 is 0. The lowest BCUT2D eigenvalue weighted by Gasteiger charge is -2.20. The fourth-order valence-electron chi connectivity index (χ4n) is 3.14. The van der Waals surface area contributed by atoms with Crippen LogP contribution in [0.15, 0.2) is 36.4 Å². The lowest BCUT2D eigenvalue weighted by Crippen LogP contribution is -2.23. The number of ether oxygens (including phenoxy) is 1. The van der Waals surface area contributed by atoms with Crippen molar-refractivity contribution in [2.24, 2.45) is 0 Å². The molecule has 0 atom stereocenters. The fourth-order valence-corrected chi connectivity index (χ4v) is 3.14. The Labute approximate surface area is 167 Å². The van der Waals surface area contributed by atoms with Crippen LogP contribution in [0.2, 0.25) is 0 Å². The lowest BCUT2D eigenvalue weighted by molar-refractivity contribution is -0.123. The maximum Gasteiger partial charge on any atom is 0.233 e. The van der Waals surface area contributed by atoms with Gasteiger partial charge in [-0.05, 0) is 47.6 Å². The van der Waals surface area contributed by atoms with Gasteiger partial charge >= 0.3 is 0 Å². The molecule has 0 saturated heterocycles. The second-order valence-corrected chi connectivity index (χ2v) is 7.60. The summed E-state index contributed by atoms with van der Waals surface area (Å²) in [5.74, 6) is 0.374. The third-order valence-electron chi connectivity index (χ3n) is 4.59. The van der Waals surface area contributed by atoms with Crippen molar-refractivity contribution in [2.45, 2.75) is 52.9 Å². The van der Waals surface area contributed by atoms with Crippen LogP contribution in [0.3, 0.4) is 0 Å². The first kappa shape index (κ1) is 21.5. The van der Waals surface area contributed by atoms with Gasteiger partial charge in [-0.2, -0.15) is 0 Å². The second-order valence-electron chi connectivity index (χ2n) is 7.60. The number of para-hydroxylation sites is 1. The van der Waals surface area contributed by atoms with E-state index in [0.717, 1.165) is 22.4 Å². The number of nitrogens with one attached hydrogen (secondary N) is 2. The fraction of sp³-hybridized carbons (Fsp3) is 0.391. The van der Waals surface area contributed by atoms with E-state index in [9.17, 15) is 9.59 Å². The number of hydrogen-bond acceptors (Lipinski definition) is 3. The van der Waals surface area contributed by atoms with Crippen LogP contribution in [-0.2, 0) is 9.59 Å². The Morgan fingerprint density at radius 1 is 0.929 bits per heavy atom. The smallest absolute Gasteiger partial charge is 0.233 e. The van der Waals surface area contributed by atoms with Crippen LogP contribution in [0.5, 0.6) is 5.75 Å². The van der Waals surface area contributed by atoms with Crippen molar-refractivity contribution in [3.8, 4) is 5.75 Å². The largest absolute Gasteiger partial charge is 0.495 e. The van der Waals surface area contributed by atoms with E-state index in [1.165, 1.54) is 0 Å². The lowest BCUT2D eigenvalue weighted by atomic mass is 9.92. The quantitative estimate of drug-likeness (QED) is 0.645. The minimum Gasteiger partial charge on any atom is -0.495 e. The third-order valence-corrected chi connectivity index (χ3v) is 4.59. The molecule has 2 aromatic rings. The van der Waals surface area contributed by atoms with E-state index in [0.29, 0.717) is 11.4 Å². The van der Waals surface area contributed by atoms with Gasteiger partial charge in [-0.15, -0.1) is 0 Å². The zero-order valence-electron chi connectivity index (χ0n) is 17.6. The van der Waals surface area contributed by atoms with Gasteiger partial charge < -0.3 is 15.4 Å². The summed E-state index contributed by atoms with van der Waals surface area (Å²) in [6, 6.07) is 11.6. The van der Waals surface area contributed by atoms with Crippen LogP contribution < -0.4 is 15.4 Å². The van der Waals surface area contributed by atoms with Crippen molar-refractivity contribution in [3.05, 3.63) is 53.1 Å². The Balaban J connectivity index is 2.15. The predicted molar refractivity (Wildman–Crippen MR) is 114 cm³/mol. The Morgan fingerprint density at radius 3 is 2.04 bits per heavy atom. The normalized spacial score (nSPS) is 10.9. The molecule has 2 amide bonds. The van der Waals surface area contributed by atoms with Crippen molar-refractivity contribution >= 4 is 23.2 Å². The molecule has 0 aliphatic rings. The highest BCUT2D eigenvalue weighted by molar-refractivity contribution is 6.09. The molecular weight excluding hydrogens is 352 g/mol. The van der Waals surface area contributed by atoms with E-state index in [-0.39, 0.29) is 30.1 Å². The van der Waals surface area contributed by atoms with Crippen LogP contribution in [0.25, 0.3) is 0 Å². The molecule has 0 aromatic heterocycles. The van der Waals surface area contributed by atoms with E-state index in [4.69, 9.17) is 4.74 Å². The predicted octanol–water partition coefficient (Wildman–Crippen LogP) is 5.22. The molecule has 0 fully saturated rings. The molecule has 0 radical (unpaired) electrons. The number of amides is 2. The summed E-state index contributed by atoms with van der Waals surface area (Å²) < 4.78 is 5.27. The number of benzene rings is 2. The maximum atomic E-state index is 12.6. The molecule has 2 aromatic carbocycles. The van der Waals surface area contributed by atoms with Gasteiger partial charge in [0.2, 0.25) is 11.8 Å². The minimum absolute atomic E-state index is 0.263. The van der Waals surface area contributed by atoms with Gasteiger partial charge in [0.25, 0.3) is 0 Å². The van der Waals surface area contributed by atoms with Crippen molar-refractivity contribution in [2.75, 3.05) is 17.7 Å². The molecule has 0 unspecified atom stereocenters. The van der Waals surface area contributed by atoms with Gasteiger partial charge in [0, 0.05) is 5.69 Å². The second kappa shape index (κ2) is 9.40. The molecule has 0 heterocycles. The van der Waals surface area contributed by atoms with E-state index in [2.05, 4.69) is 38.3 Å². The van der Waals surface area contributed by atoms with E-state index in [1.54, 1.807) is 13.2 Å². The maximum absolute atomic E-state index is 12.6. The Hall–Kier alpha value is -2.82. The number of aryl methyl sites for hydroxylation is 1. The summed E-state index contributed by atoms with van der Waals surface area (Å²) in [5, 5.41) is 5.74. The van der Waals surface area contributed by atoms with Crippen molar-refractivity contribution in [3.63, 3.8) is 0 Å². The first-order valence-corrected chi connectivity index (χ1v) is 9.60. The summed E-state index contributed by atoms with van der Waals surface area (Å²) in [6.45, 7) is 10.3. The average Bonchev–Trinajstić information content (AvgIpc) is 2.61. The number of hydrogen-bond donors (Lipinski definition) is 2. The molecule has 5 nitrogen and oxygen atoms in total. The van der Waals surface area contributed by atoms with Gasteiger partial charge in [0.05, 0.1) is 12.8 Å². The van der Waals surface area contributed by atoms with Crippen LogP contribution in [0.4, 0.5) is 11.4 Å². The molecule has 2 rings (SSSR count). The van der Waals surface area contributed by atoms with Gasteiger partial charge in [-0.1, -0.05) is 52.0 Å². The SMILES string of the molecule is COc1ccc(C)cc1NC(=O)CC(=O)Nc1c(C(C)C)cccc1C(C)C. The molecular formula is C23H30N2O3. The molecule has 0 aliphatic carbocycles. The molecule has 5 heteroatoms. The van der Waals surface area contributed by atoms with Gasteiger partial charge in [0.1, 0.15) is 12.2 Å². The van der Waals surface area contributed by atoms with Crippen molar-refractivity contribution < 1.29 is 14.3 Å². The molecule has 2 N–H and O–H groups in total. The van der Waals surface area contributed by atoms with Crippen LogP contribution in [-0.4, -0.2) is 18.9 Å². The number of methoxy groups -OCH3 is 1. The summed E-state index contributed by atoms with van der Waals surface area (Å²) in [4.78, 5) is 25.0. The number of anilines is 2. The minimum atomic E-state index is -0.380. The van der Waals surface area contributed by atoms with Crippen molar-refractivity contribution in [1.82, 2.24) is 0 Å². The highest BCUT2D eigenvalue weighted by atomic mass is 16.5. The molecule has 0 spiro atoms. The number of carbonyl (C=O) groups is 2. The molecule has 28 heavy (non-hydrogen) atoms. The monoisotopic (exact) mass is 382 g/mol. The Morgan fingerprint density at radius 2 is 1.50 bits per heavy atom. The third kappa shape index (κ3) is 5.35. The van der Waals surface area contributed by atoms with Crippen LogP contribution in [0, 0.1) is 6.92 Å². The summed E-state index contributed by atoms with van der Waals surface area (Å²) in [7, 11) is 1.54. The first-order valence-electron chi connectivity index (χ1n) is 9.60. The first-order chi connectivity index (χ1) is 13.2. The van der Waals surface area contributed by atoms with E-state index >= 15 is 0 Å². The van der Waals surface area contributed by atoms with Gasteiger partial charge in [0.15, 0.2) is 0 Å². The zero-order chi connectivity index (χ0) is 20.8. The highest BCUT2D eigenvalue weighted by Crippen LogP contribution is 2.32. The molecule has 150 valence electrons. The molecule has 0 saturated carbocycles. The van der Waals surface area contributed by atoms with Gasteiger partial charge in [-0.25, -0.2) is 0 Å². The summed E-state index contributed by atoms with van der Waals surface area (Å²) in [6.07, 6.45) is -0.263. The summed E-state index contributed by atoms with van der Waals surface area (Å²) in [5.41, 5.74) is 4.51. The Bertz CT molecular complexity index is 831. The molecule has 0 aliphatic heterocycles. The standard InChI is InChI=1S/C23H30N2O3/c1-14(2)17-8-7-9-18(15(3)4)23(17)25-22(27)13-21(26)24-19-12-16(5)10-11-20(19)28-6/h7-12,14-15H,13H2,1-6H3,(H,24,26)(H,25,27). The van der Waals surface area contributed by atoms with E-state index in [1.807, 2.05) is 37.3 Å². The van der Waals surface area contributed by atoms with E-state index < -0.39 is 0 Å². The van der Waals surface area contributed by atoms with Crippen LogP contribution in [0.1, 0.15) is 62.6 Å².